The summed E-state index contributed by atoms with van der Waals surface area (Å²) < 4.78 is 2.22. The van der Waals surface area contributed by atoms with Gasteiger partial charge in [-0.2, -0.15) is 0 Å². The number of hydrogen-bond acceptors (Lipinski definition) is 3. The predicted molar refractivity (Wildman–Crippen MR) is 65.8 cm³/mol. The third-order valence-corrected chi connectivity index (χ3v) is 2.65. The number of aromatic nitrogens is 1. The van der Waals surface area contributed by atoms with Crippen molar-refractivity contribution in [2.24, 2.45) is 12.8 Å². The third-order valence-electron chi connectivity index (χ3n) is 2.21. The number of hydrogen-bond donors (Lipinski definition) is 3. The van der Waals surface area contributed by atoms with Gasteiger partial charge in [-0.1, -0.05) is 0 Å². The lowest BCUT2D eigenvalue weighted by molar-refractivity contribution is -0.140. The second-order valence-electron chi connectivity index (χ2n) is 3.69. The molecule has 0 aliphatic carbocycles. The van der Waals surface area contributed by atoms with Gasteiger partial charge in [-0.15, -0.1) is 0 Å². The molecule has 7 nitrogen and oxygen atoms in total. The number of primary amides is 1. The lowest BCUT2D eigenvalue weighted by Crippen LogP contribution is -2.43. The van der Waals surface area contributed by atoms with Crippen molar-refractivity contribution in [3.05, 3.63) is 22.4 Å². The first-order valence-electron chi connectivity index (χ1n) is 4.95. The van der Waals surface area contributed by atoms with Crippen LogP contribution in [0.1, 0.15) is 16.9 Å². The summed E-state index contributed by atoms with van der Waals surface area (Å²) in [7, 11) is 1.64. The molecular formula is C10H12BrN3O4. The van der Waals surface area contributed by atoms with Gasteiger partial charge >= 0.3 is 5.97 Å². The number of carboxylic acids is 1. The minimum absolute atomic E-state index is 0.276. The molecule has 1 aromatic heterocycles. The Morgan fingerprint density at radius 2 is 2.17 bits per heavy atom. The number of nitrogens with two attached hydrogens (primary N) is 1. The number of nitrogens with zero attached hydrogens (tertiary/aromatic N) is 1. The molecule has 2 amide bonds. The van der Waals surface area contributed by atoms with Gasteiger partial charge in [0, 0.05) is 17.7 Å². The van der Waals surface area contributed by atoms with Crippen molar-refractivity contribution >= 4 is 33.7 Å². The van der Waals surface area contributed by atoms with Crippen LogP contribution in [-0.2, 0) is 16.6 Å². The van der Waals surface area contributed by atoms with Crippen LogP contribution in [0.15, 0.2) is 16.7 Å². The zero-order valence-corrected chi connectivity index (χ0v) is 11.1. The summed E-state index contributed by atoms with van der Waals surface area (Å²) in [6.07, 6.45) is 1.20. The topological polar surface area (TPSA) is 114 Å². The van der Waals surface area contributed by atoms with E-state index < -0.39 is 30.2 Å². The van der Waals surface area contributed by atoms with E-state index in [0.29, 0.717) is 4.47 Å². The fraction of sp³-hybridized carbons (Fsp3) is 0.300. The first-order valence-corrected chi connectivity index (χ1v) is 5.74. The first kappa shape index (κ1) is 14.2. The highest BCUT2D eigenvalue weighted by Crippen LogP contribution is 2.13. The van der Waals surface area contributed by atoms with Gasteiger partial charge in [0.1, 0.15) is 11.7 Å². The number of aryl methyl sites for hydroxylation is 1. The van der Waals surface area contributed by atoms with Crippen LogP contribution in [0.5, 0.6) is 0 Å². The average Bonchev–Trinajstić information content (AvgIpc) is 2.56. The highest BCUT2D eigenvalue weighted by Gasteiger charge is 2.23. The second-order valence-corrected chi connectivity index (χ2v) is 4.60. The molecule has 1 aromatic rings. The van der Waals surface area contributed by atoms with Gasteiger partial charge in [-0.25, -0.2) is 4.79 Å². The van der Waals surface area contributed by atoms with Crippen LogP contribution in [-0.4, -0.2) is 33.5 Å². The van der Waals surface area contributed by atoms with Crippen LogP contribution in [0.25, 0.3) is 0 Å². The number of aliphatic carboxylic acids is 1. The molecule has 18 heavy (non-hydrogen) atoms. The highest BCUT2D eigenvalue weighted by atomic mass is 79.9. The summed E-state index contributed by atoms with van der Waals surface area (Å²) >= 11 is 3.20. The Hall–Kier alpha value is -1.83. The van der Waals surface area contributed by atoms with E-state index in [1.54, 1.807) is 19.3 Å². The van der Waals surface area contributed by atoms with Crippen molar-refractivity contribution in [2.45, 2.75) is 12.5 Å². The Balaban J connectivity index is 2.81. The molecule has 98 valence electrons. The number of carbonyl (C=O) groups is 3. The van der Waals surface area contributed by atoms with E-state index in [0.717, 1.165) is 0 Å². The van der Waals surface area contributed by atoms with Crippen LogP contribution in [0, 0.1) is 0 Å². The van der Waals surface area contributed by atoms with E-state index in [9.17, 15) is 14.4 Å². The second kappa shape index (κ2) is 5.67. The average molecular weight is 318 g/mol. The Kier molecular flexibility index (Phi) is 4.49. The van der Waals surface area contributed by atoms with Gasteiger partial charge in [0.25, 0.3) is 5.91 Å². The summed E-state index contributed by atoms with van der Waals surface area (Å²) in [5.41, 5.74) is 5.19. The fourth-order valence-corrected chi connectivity index (χ4v) is 1.91. The summed E-state index contributed by atoms with van der Waals surface area (Å²) in [4.78, 5) is 33.4. The molecule has 4 N–H and O–H groups in total. The summed E-state index contributed by atoms with van der Waals surface area (Å²) in [5, 5.41) is 11.1. The monoisotopic (exact) mass is 317 g/mol. The molecule has 0 bridgehead atoms. The largest absolute Gasteiger partial charge is 0.480 e. The van der Waals surface area contributed by atoms with Gasteiger partial charge < -0.3 is 20.7 Å². The molecule has 0 aromatic carbocycles. The van der Waals surface area contributed by atoms with Crippen molar-refractivity contribution < 1.29 is 19.5 Å². The lowest BCUT2D eigenvalue weighted by Gasteiger charge is -2.12. The Bertz CT molecular complexity index is 497. The maximum absolute atomic E-state index is 11.8. The van der Waals surface area contributed by atoms with Crippen molar-refractivity contribution in [1.29, 1.82) is 0 Å². The molecule has 0 aliphatic rings. The minimum Gasteiger partial charge on any atom is -0.480 e. The van der Waals surface area contributed by atoms with E-state index in [1.807, 2.05) is 0 Å². The summed E-state index contributed by atoms with van der Waals surface area (Å²) in [5.74, 6) is -2.69. The van der Waals surface area contributed by atoms with E-state index >= 15 is 0 Å². The number of nitrogens with one attached hydrogen (secondary N) is 1. The van der Waals surface area contributed by atoms with Crippen LogP contribution >= 0.6 is 15.9 Å². The van der Waals surface area contributed by atoms with Gasteiger partial charge in [0.05, 0.1) is 6.42 Å². The zero-order chi connectivity index (χ0) is 13.9. The standard InChI is InChI=1S/C10H12BrN3O4/c1-14-4-5(11)2-7(14)9(16)13-6(10(17)18)3-8(12)15/h2,4,6H,3H2,1H3,(H2,12,15)(H,13,16)(H,17,18). The van der Waals surface area contributed by atoms with Crippen molar-refractivity contribution in [3.63, 3.8) is 0 Å². The fourth-order valence-electron chi connectivity index (χ4n) is 1.38. The third kappa shape index (κ3) is 3.59. The van der Waals surface area contributed by atoms with Gasteiger partial charge in [0.2, 0.25) is 5.91 Å². The van der Waals surface area contributed by atoms with E-state index in [1.165, 1.54) is 4.57 Å². The number of halogens is 1. The molecule has 0 saturated carbocycles. The van der Waals surface area contributed by atoms with Gasteiger partial charge in [0.15, 0.2) is 0 Å². The van der Waals surface area contributed by atoms with Crippen LogP contribution in [0.3, 0.4) is 0 Å². The van der Waals surface area contributed by atoms with E-state index in [4.69, 9.17) is 10.8 Å². The zero-order valence-electron chi connectivity index (χ0n) is 9.51. The molecule has 1 atom stereocenters. The molecule has 1 rings (SSSR count). The highest BCUT2D eigenvalue weighted by molar-refractivity contribution is 9.10. The van der Waals surface area contributed by atoms with E-state index in [2.05, 4.69) is 21.2 Å². The normalized spacial score (nSPS) is 11.9. The summed E-state index contributed by atoms with van der Waals surface area (Å²) in [6.45, 7) is 0. The first-order chi connectivity index (χ1) is 8.31. The molecule has 0 aliphatic heterocycles. The van der Waals surface area contributed by atoms with Crippen LogP contribution in [0.2, 0.25) is 0 Å². The molecule has 0 radical (unpaired) electrons. The Labute approximate surface area is 111 Å². The predicted octanol–water partition coefficient (Wildman–Crippen LogP) is -0.154. The number of amides is 2. The maximum Gasteiger partial charge on any atom is 0.326 e. The van der Waals surface area contributed by atoms with E-state index in [-0.39, 0.29) is 5.69 Å². The minimum atomic E-state index is -1.33. The lowest BCUT2D eigenvalue weighted by atomic mass is 10.2. The number of carboxylic acid groups (broad SMARTS) is 1. The molecule has 1 heterocycles. The van der Waals surface area contributed by atoms with Gasteiger partial charge in [-0.3, -0.25) is 9.59 Å². The Morgan fingerprint density at radius 1 is 1.56 bits per heavy atom. The maximum atomic E-state index is 11.8. The smallest absolute Gasteiger partial charge is 0.326 e. The summed E-state index contributed by atoms with van der Waals surface area (Å²) in [6, 6.07) is 0.210. The molecule has 1 unspecified atom stereocenters. The van der Waals surface area contributed by atoms with Crippen molar-refractivity contribution in [1.82, 2.24) is 9.88 Å². The van der Waals surface area contributed by atoms with Crippen LogP contribution < -0.4 is 11.1 Å². The van der Waals surface area contributed by atoms with Crippen molar-refractivity contribution in [2.75, 3.05) is 0 Å². The number of rotatable bonds is 5. The Morgan fingerprint density at radius 3 is 2.56 bits per heavy atom. The molecule has 0 fully saturated rings. The molecule has 0 saturated heterocycles. The van der Waals surface area contributed by atoms with Crippen molar-refractivity contribution in [3.8, 4) is 0 Å². The number of carbonyl (C=O) groups excluding carboxylic acids is 2. The molecular weight excluding hydrogens is 306 g/mol. The molecule has 8 heteroatoms. The van der Waals surface area contributed by atoms with Crippen LogP contribution in [0.4, 0.5) is 0 Å². The molecule has 0 spiro atoms. The quantitative estimate of drug-likeness (QED) is 0.700. The van der Waals surface area contributed by atoms with Gasteiger partial charge in [-0.05, 0) is 22.0 Å². The SMILES string of the molecule is Cn1cc(Br)cc1C(=O)NC(CC(N)=O)C(=O)O.